The molecular formula is C21H19N5O2. The van der Waals surface area contributed by atoms with Crippen LogP contribution in [-0.2, 0) is 0 Å². The van der Waals surface area contributed by atoms with Gasteiger partial charge in [-0.15, -0.1) is 0 Å². The summed E-state index contributed by atoms with van der Waals surface area (Å²) in [6.45, 7) is 2.81. The highest BCUT2D eigenvalue weighted by Gasteiger charge is 2.26. The quantitative estimate of drug-likeness (QED) is 0.597. The van der Waals surface area contributed by atoms with E-state index in [2.05, 4.69) is 32.2 Å². The summed E-state index contributed by atoms with van der Waals surface area (Å²) in [5, 5.41) is 5.06. The Labute approximate surface area is 161 Å². The van der Waals surface area contributed by atoms with Crippen LogP contribution in [0.3, 0.4) is 0 Å². The molecule has 0 bridgehead atoms. The number of hydrogen-bond acceptors (Lipinski definition) is 5. The molecule has 1 aliphatic heterocycles. The molecule has 1 N–H and O–H groups in total. The third-order valence-corrected chi connectivity index (χ3v) is 5.11. The number of rotatable bonds is 3. The van der Waals surface area contributed by atoms with Crippen molar-refractivity contribution in [3.8, 4) is 11.4 Å². The fourth-order valence-corrected chi connectivity index (χ4v) is 3.56. The second-order valence-electron chi connectivity index (χ2n) is 6.82. The second kappa shape index (κ2) is 6.84. The second-order valence-corrected chi connectivity index (χ2v) is 6.82. The minimum Gasteiger partial charge on any atom is -0.368 e. The molecule has 1 fully saturated rings. The molecular weight excluding hydrogens is 354 g/mol. The van der Waals surface area contributed by atoms with Gasteiger partial charge in [-0.25, -0.2) is 0 Å². The van der Waals surface area contributed by atoms with Crippen LogP contribution >= 0.6 is 0 Å². The Hall–Kier alpha value is -3.61. The summed E-state index contributed by atoms with van der Waals surface area (Å²) in [7, 11) is 0. The van der Waals surface area contributed by atoms with Crippen LogP contribution in [0.4, 0.5) is 5.69 Å². The third kappa shape index (κ3) is 3.00. The Morgan fingerprint density at radius 2 is 1.82 bits per heavy atom. The summed E-state index contributed by atoms with van der Waals surface area (Å²) in [5.41, 5.74) is 3.04. The van der Waals surface area contributed by atoms with Crippen molar-refractivity contribution in [3.05, 3.63) is 66.7 Å². The minimum atomic E-state index is -0.214. The van der Waals surface area contributed by atoms with Gasteiger partial charge in [-0.05, 0) is 36.4 Å². The monoisotopic (exact) mass is 373 g/mol. The number of benzene rings is 2. The minimum absolute atomic E-state index is 0.0392. The van der Waals surface area contributed by atoms with E-state index in [1.54, 1.807) is 4.90 Å². The van der Waals surface area contributed by atoms with E-state index in [0.717, 1.165) is 29.6 Å². The van der Waals surface area contributed by atoms with Gasteiger partial charge in [0, 0.05) is 54.5 Å². The maximum Gasteiger partial charge on any atom is 0.316 e. The summed E-state index contributed by atoms with van der Waals surface area (Å²) in [5.74, 6) is 0.251. The number of fused-ring (bicyclic) bond motifs is 1. The molecule has 4 aromatic rings. The van der Waals surface area contributed by atoms with Crippen LogP contribution in [0.2, 0.25) is 0 Å². The van der Waals surface area contributed by atoms with Crippen molar-refractivity contribution in [3.63, 3.8) is 0 Å². The van der Waals surface area contributed by atoms with Gasteiger partial charge < -0.3 is 19.3 Å². The van der Waals surface area contributed by atoms with E-state index in [-0.39, 0.29) is 11.8 Å². The van der Waals surface area contributed by atoms with Crippen molar-refractivity contribution in [2.24, 2.45) is 0 Å². The highest BCUT2D eigenvalue weighted by molar-refractivity contribution is 5.90. The molecule has 7 heteroatoms. The molecule has 0 aliphatic carbocycles. The lowest BCUT2D eigenvalue weighted by atomic mass is 10.1. The lowest BCUT2D eigenvalue weighted by molar-refractivity contribution is 0.0696. The molecule has 2 aromatic carbocycles. The number of amides is 1. The van der Waals surface area contributed by atoms with Crippen LogP contribution in [0.25, 0.3) is 22.3 Å². The summed E-state index contributed by atoms with van der Waals surface area (Å²) >= 11 is 0. The Morgan fingerprint density at radius 1 is 1.00 bits per heavy atom. The molecule has 1 aliphatic rings. The van der Waals surface area contributed by atoms with Crippen LogP contribution in [0, 0.1) is 0 Å². The molecule has 3 heterocycles. The van der Waals surface area contributed by atoms with Crippen LogP contribution in [0.1, 0.15) is 10.7 Å². The number of aromatic amines is 1. The van der Waals surface area contributed by atoms with Crippen molar-refractivity contribution < 1.29 is 9.32 Å². The van der Waals surface area contributed by atoms with Gasteiger partial charge in [0.1, 0.15) is 0 Å². The molecule has 140 valence electrons. The predicted octanol–water partition coefficient (Wildman–Crippen LogP) is 3.18. The number of para-hydroxylation sites is 1. The topological polar surface area (TPSA) is 78.3 Å². The average molecular weight is 373 g/mol. The number of hydrogen-bond donors (Lipinski definition) is 1. The van der Waals surface area contributed by atoms with Gasteiger partial charge in [-0.2, -0.15) is 4.98 Å². The molecule has 7 nitrogen and oxygen atoms in total. The van der Waals surface area contributed by atoms with Crippen molar-refractivity contribution >= 4 is 22.5 Å². The molecule has 1 amide bonds. The molecule has 0 radical (unpaired) electrons. The van der Waals surface area contributed by atoms with E-state index in [1.807, 2.05) is 48.7 Å². The van der Waals surface area contributed by atoms with E-state index in [9.17, 15) is 4.79 Å². The first-order chi connectivity index (χ1) is 13.8. The number of anilines is 1. The van der Waals surface area contributed by atoms with E-state index in [1.165, 1.54) is 5.69 Å². The lowest BCUT2D eigenvalue weighted by Crippen LogP contribution is -2.48. The maximum absolute atomic E-state index is 12.8. The number of carbonyl (C=O) groups is 1. The molecule has 1 saturated heterocycles. The first-order valence-electron chi connectivity index (χ1n) is 9.28. The molecule has 28 heavy (non-hydrogen) atoms. The number of aromatic nitrogens is 3. The highest BCUT2D eigenvalue weighted by atomic mass is 16.5. The molecule has 0 saturated carbocycles. The van der Waals surface area contributed by atoms with E-state index in [4.69, 9.17) is 4.52 Å². The van der Waals surface area contributed by atoms with Crippen molar-refractivity contribution in [1.82, 2.24) is 20.0 Å². The van der Waals surface area contributed by atoms with Crippen molar-refractivity contribution in [1.29, 1.82) is 0 Å². The number of piperazine rings is 1. The largest absolute Gasteiger partial charge is 0.368 e. The number of H-pyrrole nitrogens is 1. The Bertz CT molecular complexity index is 1110. The van der Waals surface area contributed by atoms with E-state index >= 15 is 0 Å². The zero-order valence-corrected chi connectivity index (χ0v) is 15.2. The number of carbonyl (C=O) groups excluding carboxylic acids is 1. The van der Waals surface area contributed by atoms with Crippen LogP contribution in [0.5, 0.6) is 0 Å². The summed E-state index contributed by atoms with van der Waals surface area (Å²) in [6, 6.07) is 18.1. The third-order valence-electron chi connectivity index (χ3n) is 5.11. The first kappa shape index (κ1) is 16.6. The lowest BCUT2D eigenvalue weighted by Gasteiger charge is -2.35. The van der Waals surface area contributed by atoms with Gasteiger partial charge in [-0.3, -0.25) is 4.79 Å². The van der Waals surface area contributed by atoms with Crippen molar-refractivity contribution in [2.45, 2.75) is 0 Å². The maximum atomic E-state index is 12.8. The summed E-state index contributed by atoms with van der Waals surface area (Å²) in [4.78, 5) is 24.3. The van der Waals surface area contributed by atoms with E-state index < -0.39 is 0 Å². The van der Waals surface area contributed by atoms with Crippen LogP contribution in [-0.4, -0.2) is 52.1 Å². The average Bonchev–Trinajstić information content (AvgIpc) is 3.43. The molecule has 5 rings (SSSR count). The zero-order chi connectivity index (χ0) is 18.9. The van der Waals surface area contributed by atoms with Gasteiger partial charge in [0.05, 0.1) is 0 Å². The fraction of sp³-hybridized carbons (Fsp3) is 0.190. The molecule has 0 unspecified atom stereocenters. The first-order valence-corrected chi connectivity index (χ1v) is 9.28. The van der Waals surface area contributed by atoms with Crippen LogP contribution < -0.4 is 4.90 Å². The predicted molar refractivity (Wildman–Crippen MR) is 106 cm³/mol. The smallest absolute Gasteiger partial charge is 0.316 e. The Morgan fingerprint density at radius 3 is 2.64 bits per heavy atom. The molecule has 2 aromatic heterocycles. The van der Waals surface area contributed by atoms with Crippen molar-refractivity contribution in [2.75, 3.05) is 31.1 Å². The van der Waals surface area contributed by atoms with Gasteiger partial charge in [-0.1, -0.05) is 23.4 Å². The standard InChI is InChI=1S/C21H19N5O2/c27-21(26-12-10-25(11-13-26)17-4-2-1-3-5-17)20-23-19(24-28-20)16-6-7-18-15(14-16)8-9-22-18/h1-9,14,22H,10-13H2. The summed E-state index contributed by atoms with van der Waals surface area (Å²) < 4.78 is 5.27. The summed E-state index contributed by atoms with van der Waals surface area (Å²) in [6.07, 6.45) is 1.88. The van der Waals surface area contributed by atoms with Crippen LogP contribution in [0.15, 0.2) is 65.3 Å². The normalized spacial score (nSPS) is 14.6. The number of nitrogens with one attached hydrogen (secondary N) is 1. The molecule has 0 spiro atoms. The van der Waals surface area contributed by atoms with E-state index in [0.29, 0.717) is 18.9 Å². The Kier molecular flexibility index (Phi) is 4.05. The van der Waals surface area contributed by atoms with Gasteiger partial charge in [0.2, 0.25) is 5.82 Å². The highest BCUT2D eigenvalue weighted by Crippen LogP contribution is 2.22. The van der Waals surface area contributed by atoms with Gasteiger partial charge in [0.15, 0.2) is 0 Å². The Balaban J connectivity index is 1.29. The van der Waals surface area contributed by atoms with Gasteiger partial charge in [0.25, 0.3) is 0 Å². The van der Waals surface area contributed by atoms with Gasteiger partial charge >= 0.3 is 11.8 Å². The molecule has 0 atom stereocenters. The number of nitrogens with zero attached hydrogens (tertiary/aromatic N) is 4. The zero-order valence-electron chi connectivity index (χ0n) is 15.2. The fourth-order valence-electron chi connectivity index (χ4n) is 3.56. The SMILES string of the molecule is O=C(c1nc(-c2ccc3[nH]ccc3c2)no1)N1CCN(c2ccccc2)CC1.